The van der Waals surface area contributed by atoms with Crippen LogP contribution in [-0.4, -0.2) is 34.5 Å². The second kappa shape index (κ2) is 6.77. The predicted molar refractivity (Wildman–Crippen MR) is 74.7 cm³/mol. The van der Waals surface area contributed by atoms with Gasteiger partial charge >= 0.3 is 0 Å². The predicted octanol–water partition coefficient (Wildman–Crippen LogP) is 1.58. The van der Waals surface area contributed by atoms with Crippen LogP contribution in [0.1, 0.15) is 24.6 Å². The summed E-state index contributed by atoms with van der Waals surface area (Å²) in [6.45, 7) is 1.30. The van der Waals surface area contributed by atoms with E-state index in [9.17, 15) is 0 Å². The Labute approximate surface area is 116 Å². The van der Waals surface area contributed by atoms with E-state index in [-0.39, 0.29) is 6.04 Å². The topological polar surface area (TPSA) is 65.1 Å². The lowest BCUT2D eigenvalue weighted by Crippen LogP contribution is -2.36. The van der Waals surface area contributed by atoms with Crippen LogP contribution in [-0.2, 0) is 11.3 Å². The van der Waals surface area contributed by atoms with Gasteiger partial charge in [-0.3, -0.25) is 16.0 Å². The molecule has 2 unspecified atom stereocenters. The largest absolute Gasteiger partial charge is 0.383 e. The smallest absolute Gasteiger partial charge is 0.0835 e. The van der Waals surface area contributed by atoms with Crippen LogP contribution in [0.25, 0.3) is 0 Å². The molecule has 0 amide bonds. The molecule has 2 rings (SSSR count). The molecule has 0 aliphatic carbocycles. The molecule has 1 aliphatic rings. The Morgan fingerprint density at radius 3 is 3.22 bits per heavy atom. The molecular formula is C11H19ClN4OS. The molecule has 0 aromatic carbocycles. The van der Waals surface area contributed by atoms with Crippen molar-refractivity contribution in [1.82, 2.24) is 15.2 Å². The number of hydrogen-bond donors (Lipinski definition) is 2. The lowest BCUT2D eigenvalue weighted by molar-refractivity contribution is 0.181. The van der Waals surface area contributed by atoms with E-state index < -0.39 is 0 Å². The van der Waals surface area contributed by atoms with Gasteiger partial charge in [-0.1, -0.05) is 11.6 Å². The molecule has 2 heterocycles. The van der Waals surface area contributed by atoms with Crippen molar-refractivity contribution in [1.29, 1.82) is 0 Å². The van der Waals surface area contributed by atoms with E-state index in [1.807, 2.05) is 16.4 Å². The summed E-state index contributed by atoms with van der Waals surface area (Å²) < 4.78 is 6.97. The monoisotopic (exact) mass is 290 g/mol. The maximum atomic E-state index is 6.25. The molecule has 18 heavy (non-hydrogen) atoms. The van der Waals surface area contributed by atoms with Crippen molar-refractivity contribution in [3.05, 3.63) is 16.9 Å². The molecule has 7 heteroatoms. The lowest BCUT2D eigenvalue weighted by atomic mass is 10.1. The molecule has 1 aromatic rings. The van der Waals surface area contributed by atoms with Gasteiger partial charge in [0.15, 0.2) is 0 Å². The summed E-state index contributed by atoms with van der Waals surface area (Å²) in [5.41, 5.74) is 3.87. The number of halogens is 1. The fraction of sp³-hybridized carbons (Fsp3) is 0.727. The van der Waals surface area contributed by atoms with Crippen LogP contribution in [0.4, 0.5) is 0 Å². The van der Waals surface area contributed by atoms with Crippen LogP contribution in [0.5, 0.6) is 0 Å². The lowest BCUT2D eigenvalue weighted by Gasteiger charge is -2.23. The summed E-state index contributed by atoms with van der Waals surface area (Å²) in [6, 6.07) is 0.0457. The number of rotatable bonds is 6. The Morgan fingerprint density at radius 2 is 2.61 bits per heavy atom. The van der Waals surface area contributed by atoms with E-state index in [0.717, 1.165) is 12.1 Å². The van der Waals surface area contributed by atoms with Gasteiger partial charge < -0.3 is 4.74 Å². The molecular weight excluding hydrogens is 272 g/mol. The van der Waals surface area contributed by atoms with Crippen molar-refractivity contribution in [3.8, 4) is 0 Å². The van der Waals surface area contributed by atoms with Gasteiger partial charge in [-0.25, -0.2) is 0 Å². The average Bonchev–Trinajstić information content (AvgIpc) is 3.00. The van der Waals surface area contributed by atoms with Crippen molar-refractivity contribution in [2.75, 3.05) is 19.5 Å². The van der Waals surface area contributed by atoms with Crippen molar-refractivity contribution in [2.45, 2.75) is 30.7 Å². The van der Waals surface area contributed by atoms with Gasteiger partial charge in [-0.2, -0.15) is 16.9 Å². The number of nitrogens with zero attached hydrogens (tertiary/aromatic N) is 2. The molecule has 1 aliphatic heterocycles. The van der Waals surface area contributed by atoms with Crippen LogP contribution in [0.15, 0.2) is 6.20 Å². The zero-order valence-electron chi connectivity index (χ0n) is 10.4. The molecule has 5 nitrogen and oxygen atoms in total. The fourth-order valence-corrected chi connectivity index (χ4v) is 3.89. The number of nitrogens with two attached hydrogens (primary N) is 1. The summed E-state index contributed by atoms with van der Waals surface area (Å²) in [4.78, 5) is 0. The van der Waals surface area contributed by atoms with Crippen LogP contribution in [0.3, 0.4) is 0 Å². The van der Waals surface area contributed by atoms with Gasteiger partial charge in [0.2, 0.25) is 0 Å². The quantitative estimate of drug-likeness (QED) is 0.615. The Kier molecular flexibility index (Phi) is 5.32. The van der Waals surface area contributed by atoms with Gasteiger partial charge in [-0.15, -0.1) is 0 Å². The van der Waals surface area contributed by atoms with E-state index in [4.69, 9.17) is 22.2 Å². The summed E-state index contributed by atoms with van der Waals surface area (Å²) in [5.74, 6) is 6.90. The van der Waals surface area contributed by atoms with Crippen LogP contribution >= 0.6 is 23.4 Å². The van der Waals surface area contributed by atoms with Gasteiger partial charge in [0.05, 0.1) is 36.1 Å². The molecule has 1 aromatic heterocycles. The third-order valence-electron chi connectivity index (χ3n) is 3.15. The third-order valence-corrected chi connectivity index (χ3v) is 4.90. The minimum atomic E-state index is 0.0457. The minimum absolute atomic E-state index is 0.0457. The average molecular weight is 291 g/mol. The summed E-state index contributed by atoms with van der Waals surface area (Å²) in [7, 11) is 1.68. The van der Waals surface area contributed by atoms with Crippen molar-refractivity contribution >= 4 is 23.4 Å². The third kappa shape index (κ3) is 3.00. The van der Waals surface area contributed by atoms with E-state index in [1.54, 1.807) is 13.3 Å². The number of methoxy groups -OCH3 is 1. The molecule has 2 atom stereocenters. The highest BCUT2D eigenvalue weighted by Crippen LogP contribution is 2.37. The maximum absolute atomic E-state index is 6.25. The van der Waals surface area contributed by atoms with Crippen molar-refractivity contribution < 1.29 is 4.74 Å². The first-order valence-corrected chi connectivity index (χ1v) is 7.48. The molecule has 0 bridgehead atoms. The van der Waals surface area contributed by atoms with Gasteiger partial charge in [0.1, 0.15) is 0 Å². The standard InChI is InChI=1S/C11H19ClN4OS/c1-17-5-4-16-11(8(12)7-14-16)10(15-13)9-3-2-6-18-9/h7,9-10,15H,2-6,13H2,1H3. The Morgan fingerprint density at radius 1 is 1.78 bits per heavy atom. The fourth-order valence-electron chi connectivity index (χ4n) is 2.26. The van der Waals surface area contributed by atoms with Gasteiger partial charge in [0, 0.05) is 12.4 Å². The summed E-state index contributed by atoms with van der Waals surface area (Å²) >= 11 is 8.19. The molecule has 102 valence electrons. The Balaban J connectivity index is 2.20. The van der Waals surface area contributed by atoms with E-state index in [0.29, 0.717) is 23.4 Å². The molecule has 3 N–H and O–H groups in total. The van der Waals surface area contributed by atoms with E-state index in [2.05, 4.69) is 10.5 Å². The highest BCUT2D eigenvalue weighted by atomic mass is 35.5. The SMILES string of the molecule is COCCn1ncc(Cl)c1C(NN)C1CCCS1. The Hall–Kier alpha value is -0.270. The maximum Gasteiger partial charge on any atom is 0.0835 e. The van der Waals surface area contributed by atoms with Crippen molar-refractivity contribution in [2.24, 2.45) is 5.84 Å². The van der Waals surface area contributed by atoms with Crippen LogP contribution in [0.2, 0.25) is 5.02 Å². The molecule has 0 spiro atoms. The second-order valence-corrected chi connectivity index (χ2v) is 6.04. The number of hydrazine groups is 1. The Bertz CT molecular complexity index is 381. The molecule has 1 saturated heterocycles. The van der Waals surface area contributed by atoms with Crippen LogP contribution in [0, 0.1) is 0 Å². The molecule has 0 saturated carbocycles. The molecule has 0 radical (unpaired) electrons. The number of aromatic nitrogens is 2. The highest BCUT2D eigenvalue weighted by Gasteiger charge is 2.30. The first-order chi connectivity index (χ1) is 8.77. The summed E-state index contributed by atoms with van der Waals surface area (Å²) in [5, 5.41) is 5.42. The van der Waals surface area contributed by atoms with E-state index >= 15 is 0 Å². The first kappa shape index (κ1) is 14.1. The van der Waals surface area contributed by atoms with Gasteiger partial charge in [-0.05, 0) is 18.6 Å². The van der Waals surface area contributed by atoms with E-state index in [1.165, 1.54) is 12.2 Å². The normalized spacial score (nSPS) is 21.4. The number of ether oxygens (including phenoxy) is 1. The van der Waals surface area contributed by atoms with Crippen molar-refractivity contribution in [3.63, 3.8) is 0 Å². The first-order valence-electron chi connectivity index (χ1n) is 6.05. The number of thioether (sulfide) groups is 1. The van der Waals surface area contributed by atoms with Crippen LogP contribution < -0.4 is 11.3 Å². The number of hydrogen-bond acceptors (Lipinski definition) is 5. The zero-order chi connectivity index (χ0) is 13.0. The minimum Gasteiger partial charge on any atom is -0.383 e. The second-order valence-electron chi connectivity index (χ2n) is 4.29. The highest BCUT2D eigenvalue weighted by molar-refractivity contribution is 8.00. The summed E-state index contributed by atoms with van der Waals surface area (Å²) in [6.07, 6.45) is 4.07. The van der Waals surface area contributed by atoms with Gasteiger partial charge in [0.25, 0.3) is 0 Å². The molecule has 1 fully saturated rings. The zero-order valence-corrected chi connectivity index (χ0v) is 12.0. The number of nitrogens with one attached hydrogen (secondary N) is 1.